The summed E-state index contributed by atoms with van der Waals surface area (Å²) in [7, 11) is -3.92. The normalized spacial score (nSPS) is 21.6. The van der Waals surface area contributed by atoms with Crippen molar-refractivity contribution in [2.24, 2.45) is 0 Å². The van der Waals surface area contributed by atoms with Gasteiger partial charge in [0.1, 0.15) is 29.4 Å². The maximum Gasteiger partial charge on any atom is 0.321 e. The summed E-state index contributed by atoms with van der Waals surface area (Å²) in [4.78, 5) is 19.2. The van der Waals surface area contributed by atoms with E-state index in [4.69, 9.17) is 4.52 Å². The summed E-state index contributed by atoms with van der Waals surface area (Å²) in [6.45, 7) is 1.73. The average molecular weight is 528 g/mol. The van der Waals surface area contributed by atoms with E-state index in [1.807, 2.05) is 4.72 Å². The second kappa shape index (κ2) is 8.40. The lowest BCUT2D eigenvalue weighted by molar-refractivity contribution is -0.0359. The van der Waals surface area contributed by atoms with Gasteiger partial charge in [0.25, 0.3) is 11.6 Å². The number of nitrogens with one attached hydrogen (secondary N) is 1. The number of sulfonamides is 1. The number of carbonyl (C=O) groups is 1. The Bertz CT molecular complexity index is 1460. The Kier molecular flexibility index (Phi) is 5.70. The van der Waals surface area contributed by atoms with E-state index in [0.29, 0.717) is 5.69 Å². The molecule has 3 aromatic rings. The Morgan fingerprint density at radius 2 is 1.92 bits per heavy atom. The van der Waals surface area contributed by atoms with Gasteiger partial charge in [-0.25, -0.2) is 40.5 Å². The van der Waals surface area contributed by atoms with Gasteiger partial charge in [-0.3, -0.25) is 0 Å². The molecule has 2 aromatic heterocycles. The number of hydrogen-bond donors (Lipinski definition) is 1. The van der Waals surface area contributed by atoms with Crippen LogP contribution < -0.4 is 4.72 Å². The number of nitrogens with zero attached hydrogens (tertiary/aromatic N) is 4. The maximum atomic E-state index is 15.1. The molecule has 2 aliphatic rings. The van der Waals surface area contributed by atoms with Crippen molar-refractivity contribution in [3.63, 3.8) is 0 Å². The van der Waals surface area contributed by atoms with Crippen molar-refractivity contribution in [3.05, 3.63) is 47.3 Å². The lowest BCUT2D eigenvalue weighted by Gasteiger charge is -2.24. The number of rotatable bonds is 6. The standard InChI is InChI=1S/C22H21F4N5O4S/c1-3-36(33,34)29-16-9-31-17(22(16,25)26)10-30(21(31)32)8-15-19-12(7-11(2)27-20(19)35-28-15)18-13(23)5-4-6-14(18)24/h4-7,16-17,29H,3,8-10H2,1-2H3/t16-,17-/m1/s1. The molecular weight excluding hydrogens is 506 g/mol. The van der Waals surface area contributed by atoms with Crippen LogP contribution in [0.2, 0.25) is 0 Å². The Balaban J connectivity index is 1.47. The molecule has 2 amide bonds. The molecule has 0 spiro atoms. The first kappa shape index (κ1) is 24.4. The van der Waals surface area contributed by atoms with E-state index in [1.54, 1.807) is 6.92 Å². The predicted molar refractivity (Wildman–Crippen MR) is 120 cm³/mol. The second-order valence-corrected chi connectivity index (χ2v) is 10.8. The summed E-state index contributed by atoms with van der Waals surface area (Å²) in [6, 6.07) is 0.817. The highest BCUT2D eigenvalue weighted by molar-refractivity contribution is 7.89. The number of amides is 2. The van der Waals surface area contributed by atoms with Gasteiger partial charge in [-0.05, 0) is 32.0 Å². The number of alkyl halides is 2. The number of hydrogen-bond acceptors (Lipinski definition) is 6. The molecule has 1 aromatic carbocycles. The third-order valence-corrected chi connectivity index (χ3v) is 7.90. The van der Waals surface area contributed by atoms with Gasteiger partial charge in [0.15, 0.2) is 0 Å². The minimum atomic E-state index is -3.92. The first-order valence-corrected chi connectivity index (χ1v) is 12.7. The van der Waals surface area contributed by atoms with Crippen LogP contribution in [-0.2, 0) is 16.6 Å². The molecule has 0 saturated carbocycles. The molecule has 2 atom stereocenters. The summed E-state index contributed by atoms with van der Waals surface area (Å²) >= 11 is 0. The van der Waals surface area contributed by atoms with E-state index in [2.05, 4.69) is 10.1 Å². The zero-order chi connectivity index (χ0) is 26.0. The van der Waals surface area contributed by atoms with E-state index in [-0.39, 0.29) is 40.2 Å². The molecule has 36 heavy (non-hydrogen) atoms. The summed E-state index contributed by atoms with van der Waals surface area (Å²) in [5, 5.41) is 4.07. The summed E-state index contributed by atoms with van der Waals surface area (Å²) in [5.74, 6) is -5.54. The van der Waals surface area contributed by atoms with Crippen molar-refractivity contribution >= 4 is 27.2 Å². The fourth-order valence-corrected chi connectivity index (χ4v) is 5.54. The molecule has 5 rings (SSSR count). The average Bonchev–Trinajstić information content (AvgIpc) is 3.41. The van der Waals surface area contributed by atoms with Crippen LogP contribution in [0, 0.1) is 18.6 Å². The van der Waals surface area contributed by atoms with Gasteiger partial charge >= 0.3 is 6.03 Å². The van der Waals surface area contributed by atoms with Crippen LogP contribution in [0.1, 0.15) is 18.3 Å². The zero-order valence-corrected chi connectivity index (χ0v) is 20.0. The molecule has 2 aliphatic heterocycles. The molecule has 14 heteroatoms. The number of aryl methyl sites for hydroxylation is 1. The van der Waals surface area contributed by atoms with Crippen LogP contribution in [0.15, 0.2) is 28.8 Å². The molecular formula is C22H21F4N5O4S. The monoisotopic (exact) mass is 527 g/mol. The quantitative estimate of drug-likeness (QED) is 0.494. The van der Waals surface area contributed by atoms with Gasteiger partial charge in [-0.1, -0.05) is 11.2 Å². The second-order valence-electron chi connectivity index (χ2n) is 8.80. The van der Waals surface area contributed by atoms with E-state index in [0.717, 1.165) is 21.9 Å². The van der Waals surface area contributed by atoms with Crippen molar-refractivity contribution in [3.8, 4) is 11.1 Å². The van der Waals surface area contributed by atoms with Crippen LogP contribution >= 0.6 is 0 Å². The summed E-state index contributed by atoms with van der Waals surface area (Å²) in [5.41, 5.74) is 0.255. The van der Waals surface area contributed by atoms with Crippen LogP contribution in [-0.4, -0.2) is 71.2 Å². The molecule has 0 aliphatic carbocycles. The molecule has 2 fully saturated rings. The lowest BCUT2D eigenvalue weighted by Crippen LogP contribution is -2.51. The SMILES string of the molecule is CCS(=O)(=O)N[C@@H]1CN2C(=O)N(Cc3noc4nc(C)cc(-c5c(F)cccc5F)c34)C[C@@H]2C1(F)F. The van der Waals surface area contributed by atoms with Crippen LogP contribution in [0.4, 0.5) is 22.4 Å². The van der Waals surface area contributed by atoms with Gasteiger partial charge in [-0.15, -0.1) is 0 Å². The number of benzene rings is 1. The first-order valence-electron chi connectivity index (χ1n) is 11.1. The number of pyridine rings is 1. The Morgan fingerprint density at radius 1 is 1.22 bits per heavy atom. The van der Waals surface area contributed by atoms with Crippen LogP contribution in [0.5, 0.6) is 0 Å². The lowest BCUT2D eigenvalue weighted by atomic mass is 10.00. The molecule has 1 N–H and O–H groups in total. The van der Waals surface area contributed by atoms with E-state index < -0.39 is 58.8 Å². The third kappa shape index (κ3) is 3.88. The van der Waals surface area contributed by atoms with E-state index >= 15 is 8.78 Å². The van der Waals surface area contributed by atoms with Crippen molar-refractivity contribution < 1.29 is 35.3 Å². The molecule has 9 nitrogen and oxygen atoms in total. The molecule has 4 heterocycles. The highest BCUT2D eigenvalue weighted by Gasteiger charge is 2.62. The fourth-order valence-electron chi connectivity index (χ4n) is 4.71. The Morgan fingerprint density at radius 3 is 2.56 bits per heavy atom. The van der Waals surface area contributed by atoms with Crippen LogP contribution in [0.3, 0.4) is 0 Å². The van der Waals surface area contributed by atoms with E-state index in [9.17, 15) is 22.0 Å². The van der Waals surface area contributed by atoms with Crippen molar-refractivity contribution in [1.82, 2.24) is 24.7 Å². The maximum absolute atomic E-state index is 15.1. The number of halogens is 4. The van der Waals surface area contributed by atoms with Crippen molar-refractivity contribution in [2.45, 2.75) is 38.4 Å². The summed E-state index contributed by atoms with van der Waals surface area (Å²) < 4.78 is 90.2. The first-order chi connectivity index (χ1) is 16.9. The van der Waals surface area contributed by atoms with Gasteiger partial charge in [-0.2, -0.15) is 0 Å². The third-order valence-electron chi connectivity index (χ3n) is 6.49. The van der Waals surface area contributed by atoms with Gasteiger partial charge in [0.05, 0.1) is 23.2 Å². The molecule has 0 radical (unpaired) electrons. The Hall–Kier alpha value is -3.26. The smallest absolute Gasteiger partial charge is 0.321 e. The highest BCUT2D eigenvalue weighted by Crippen LogP contribution is 2.41. The van der Waals surface area contributed by atoms with Gasteiger partial charge in [0, 0.05) is 24.3 Å². The topological polar surface area (TPSA) is 109 Å². The number of fused-ring (bicyclic) bond motifs is 2. The van der Waals surface area contributed by atoms with Gasteiger partial charge in [0.2, 0.25) is 10.0 Å². The number of carbonyl (C=O) groups excluding carboxylic acids is 1. The van der Waals surface area contributed by atoms with Crippen molar-refractivity contribution in [1.29, 1.82) is 0 Å². The fraction of sp³-hybridized carbons (Fsp3) is 0.409. The molecule has 2 saturated heterocycles. The van der Waals surface area contributed by atoms with Gasteiger partial charge < -0.3 is 14.3 Å². The van der Waals surface area contributed by atoms with E-state index in [1.165, 1.54) is 19.1 Å². The molecule has 192 valence electrons. The number of aromatic nitrogens is 2. The molecule has 0 bridgehead atoms. The number of urea groups is 1. The Labute approximate surface area is 203 Å². The van der Waals surface area contributed by atoms with Crippen LogP contribution in [0.25, 0.3) is 22.2 Å². The molecule has 0 unspecified atom stereocenters. The minimum absolute atomic E-state index is 0.0193. The van der Waals surface area contributed by atoms with Crippen molar-refractivity contribution in [2.75, 3.05) is 18.8 Å². The minimum Gasteiger partial charge on any atom is -0.335 e. The summed E-state index contributed by atoms with van der Waals surface area (Å²) in [6.07, 6.45) is 0. The highest BCUT2D eigenvalue weighted by atomic mass is 32.2. The largest absolute Gasteiger partial charge is 0.335 e. The zero-order valence-electron chi connectivity index (χ0n) is 19.1. The predicted octanol–water partition coefficient (Wildman–Crippen LogP) is 3.04.